The molecule has 3 nitrogen and oxygen atoms in total. The normalized spacial score (nSPS) is 20.8. The molecule has 1 atom stereocenters. The molecule has 0 aliphatic heterocycles. The number of aliphatic carboxylic acids is 1. The highest BCUT2D eigenvalue weighted by Crippen LogP contribution is 2.36. The van der Waals surface area contributed by atoms with Crippen molar-refractivity contribution < 1.29 is 9.90 Å². The highest BCUT2D eigenvalue weighted by atomic mass is 32.1. The second kappa shape index (κ2) is 2.86. The summed E-state index contributed by atoms with van der Waals surface area (Å²) >= 11 is 1.64. The summed E-state index contributed by atoms with van der Waals surface area (Å²) in [5.74, 6) is -0.551. The van der Waals surface area contributed by atoms with E-state index in [1.54, 1.807) is 16.8 Å². The van der Waals surface area contributed by atoms with E-state index < -0.39 is 5.97 Å². The van der Waals surface area contributed by atoms with E-state index in [4.69, 9.17) is 5.11 Å². The summed E-state index contributed by atoms with van der Waals surface area (Å²) < 4.78 is 0. The number of carbonyl (C=O) groups is 1. The van der Waals surface area contributed by atoms with Gasteiger partial charge in [-0.2, -0.15) is 0 Å². The zero-order valence-electron chi connectivity index (χ0n) is 6.49. The Hall–Kier alpha value is -0.900. The van der Waals surface area contributed by atoms with Crippen molar-refractivity contribution >= 4 is 17.3 Å². The molecule has 1 aliphatic rings. The highest BCUT2D eigenvalue weighted by molar-refractivity contribution is 7.09. The first-order valence-corrected chi connectivity index (χ1v) is 4.79. The molecule has 0 bridgehead atoms. The van der Waals surface area contributed by atoms with E-state index in [1.807, 2.05) is 0 Å². The lowest BCUT2D eigenvalue weighted by Crippen LogP contribution is -2.03. The minimum atomic E-state index is -0.721. The fourth-order valence-electron chi connectivity index (χ4n) is 1.65. The van der Waals surface area contributed by atoms with E-state index in [1.165, 1.54) is 4.88 Å². The summed E-state index contributed by atoms with van der Waals surface area (Å²) in [7, 11) is 0. The predicted octanol–water partition coefficient (Wildman–Crippen LogP) is 1.65. The van der Waals surface area contributed by atoms with Crippen LogP contribution in [0.3, 0.4) is 0 Å². The van der Waals surface area contributed by atoms with Crippen molar-refractivity contribution in [3.8, 4) is 0 Å². The first kappa shape index (κ1) is 7.73. The van der Waals surface area contributed by atoms with Crippen LogP contribution in [0.15, 0.2) is 5.51 Å². The topological polar surface area (TPSA) is 50.2 Å². The Morgan fingerprint density at radius 1 is 1.83 bits per heavy atom. The Kier molecular flexibility index (Phi) is 1.84. The molecular weight excluding hydrogens is 174 g/mol. The third-order valence-electron chi connectivity index (χ3n) is 2.20. The molecule has 12 heavy (non-hydrogen) atoms. The number of carboxylic acids is 1. The fourth-order valence-corrected chi connectivity index (χ4v) is 2.52. The van der Waals surface area contributed by atoms with Crippen molar-refractivity contribution in [2.45, 2.75) is 25.2 Å². The Morgan fingerprint density at radius 3 is 3.42 bits per heavy atom. The van der Waals surface area contributed by atoms with Crippen LogP contribution in [0.2, 0.25) is 0 Å². The number of carboxylic acid groups (broad SMARTS) is 1. The van der Waals surface area contributed by atoms with Gasteiger partial charge in [-0.05, 0) is 12.8 Å². The van der Waals surface area contributed by atoms with Crippen LogP contribution in [0.4, 0.5) is 0 Å². The average molecular weight is 183 g/mol. The minimum Gasteiger partial charge on any atom is -0.481 e. The van der Waals surface area contributed by atoms with Crippen LogP contribution in [0.25, 0.3) is 0 Å². The van der Waals surface area contributed by atoms with Gasteiger partial charge in [-0.15, -0.1) is 11.3 Å². The number of hydrogen-bond donors (Lipinski definition) is 1. The van der Waals surface area contributed by atoms with Crippen LogP contribution in [-0.4, -0.2) is 16.1 Å². The molecule has 1 unspecified atom stereocenters. The Bertz CT molecular complexity index is 308. The van der Waals surface area contributed by atoms with Crippen molar-refractivity contribution in [3.63, 3.8) is 0 Å². The molecule has 1 aromatic heterocycles. The second-order valence-corrected chi connectivity index (χ2v) is 3.93. The summed E-state index contributed by atoms with van der Waals surface area (Å²) in [6.45, 7) is 0. The molecule has 0 fully saturated rings. The molecule has 2 rings (SSSR count). The maximum absolute atomic E-state index is 10.5. The molecule has 0 radical (unpaired) electrons. The first-order valence-electron chi connectivity index (χ1n) is 3.91. The molecule has 1 aliphatic carbocycles. The number of fused-ring (bicyclic) bond motifs is 1. The van der Waals surface area contributed by atoms with Crippen molar-refractivity contribution in [2.24, 2.45) is 0 Å². The van der Waals surface area contributed by atoms with Gasteiger partial charge in [0.1, 0.15) is 0 Å². The lowest BCUT2D eigenvalue weighted by molar-refractivity contribution is -0.137. The van der Waals surface area contributed by atoms with Gasteiger partial charge in [0, 0.05) is 10.8 Å². The van der Waals surface area contributed by atoms with Crippen LogP contribution in [0, 0.1) is 0 Å². The summed E-state index contributed by atoms with van der Waals surface area (Å²) in [4.78, 5) is 15.9. The Labute approximate surface area is 74.1 Å². The van der Waals surface area contributed by atoms with Crippen molar-refractivity contribution in [1.29, 1.82) is 0 Å². The van der Waals surface area contributed by atoms with E-state index in [0.29, 0.717) is 0 Å². The SMILES string of the molecule is O=C(O)CC1CCc2scnc21. The number of aryl methyl sites for hydroxylation is 1. The molecule has 0 saturated carbocycles. The third kappa shape index (κ3) is 1.22. The smallest absolute Gasteiger partial charge is 0.304 e. The minimum absolute atomic E-state index is 0.170. The van der Waals surface area contributed by atoms with Gasteiger partial charge >= 0.3 is 5.97 Å². The monoisotopic (exact) mass is 183 g/mol. The van der Waals surface area contributed by atoms with Gasteiger partial charge in [0.2, 0.25) is 0 Å². The van der Waals surface area contributed by atoms with E-state index >= 15 is 0 Å². The second-order valence-electron chi connectivity index (χ2n) is 2.99. The zero-order valence-corrected chi connectivity index (χ0v) is 7.30. The van der Waals surface area contributed by atoms with E-state index in [9.17, 15) is 4.79 Å². The summed E-state index contributed by atoms with van der Waals surface area (Å²) in [6, 6.07) is 0. The molecule has 1 heterocycles. The average Bonchev–Trinajstić information content (AvgIpc) is 2.52. The standard InChI is InChI=1S/C8H9NO2S/c10-7(11)3-5-1-2-6-8(5)9-4-12-6/h4-5H,1-3H2,(H,10,11). The largest absolute Gasteiger partial charge is 0.481 e. The van der Waals surface area contributed by atoms with Gasteiger partial charge in [-0.1, -0.05) is 0 Å². The van der Waals surface area contributed by atoms with Gasteiger partial charge < -0.3 is 5.11 Å². The van der Waals surface area contributed by atoms with Crippen molar-refractivity contribution in [1.82, 2.24) is 4.98 Å². The van der Waals surface area contributed by atoms with Gasteiger partial charge in [-0.3, -0.25) is 4.79 Å². The van der Waals surface area contributed by atoms with Crippen LogP contribution >= 0.6 is 11.3 Å². The van der Waals surface area contributed by atoms with Crippen molar-refractivity contribution in [3.05, 3.63) is 16.1 Å². The molecule has 1 aromatic rings. The first-order chi connectivity index (χ1) is 5.77. The molecule has 1 N–H and O–H groups in total. The molecule has 0 saturated heterocycles. The lowest BCUT2D eigenvalue weighted by atomic mass is 10.0. The predicted molar refractivity (Wildman–Crippen MR) is 45.4 cm³/mol. The van der Waals surface area contributed by atoms with Gasteiger partial charge in [-0.25, -0.2) is 4.98 Å². The summed E-state index contributed by atoms with van der Waals surface area (Å²) in [5, 5.41) is 8.61. The van der Waals surface area contributed by atoms with Crippen LogP contribution in [0.5, 0.6) is 0 Å². The molecule has 0 amide bonds. The third-order valence-corrected chi connectivity index (χ3v) is 3.11. The lowest BCUT2D eigenvalue weighted by Gasteiger charge is -2.03. The number of rotatable bonds is 2. The Balaban J connectivity index is 2.17. The summed E-state index contributed by atoms with van der Waals surface area (Å²) in [5.41, 5.74) is 2.83. The molecular formula is C8H9NO2S. The van der Waals surface area contributed by atoms with Crippen LogP contribution in [-0.2, 0) is 11.2 Å². The molecule has 0 spiro atoms. The van der Waals surface area contributed by atoms with Crippen LogP contribution < -0.4 is 0 Å². The molecule has 64 valence electrons. The highest BCUT2D eigenvalue weighted by Gasteiger charge is 2.26. The zero-order chi connectivity index (χ0) is 8.55. The van der Waals surface area contributed by atoms with E-state index in [2.05, 4.69) is 4.98 Å². The van der Waals surface area contributed by atoms with Crippen LogP contribution in [0.1, 0.15) is 29.3 Å². The van der Waals surface area contributed by atoms with Gasteiger partial charge in [0.25, 0.3) is 0 Å². The maximum Gasteiger partial charge on any atom is 0.304 e. The fraction of sp³-hybridized carbons (Fsp3) is 0.500. The Morgan fingerprint density at radius 2 is 2.67 bits per heavy atom. The molecule has 0 aromatic carbocycles. The van der Waals surface area contributed by atoms with Gasteiger partial charge in [0.05, 0.1) is 17.6 Å². The maximum atomic E-state index is 10.5. The number of aromatic nitrogens is 1. The number of hydrogen-bond acceptors (Lipinski definition) is 3. The van der Waals surface area contributed by atoms with Gasteiger partial charge in [0.15, 0.2) is 0 Å². The summed E-state index contributed by atoms with van der Waals surface area (Å²) in [6.07, 6.45) is 2.20. The van der Waals surface area contributed by atoms with Crippen molar-refractivity contribution in [2.75, 3.05) is 0 Å². The number of nitrogens with zero attached hydrogens (tertiary/aromatic N) is 1. The van der Waals surface area contributed by atoms with E-state index in [0.717, 1.165) is 18.5 Å². The van der Waals surface area contributed by atoms with E-state index in [-0.39, 0.29) is 12.3 Å². The number of thiazole rings is 1. The molecule has 4 heteroatoms. The quantitative estimate of drug-likeness (QED) is 0.758.